The second-order valence-electron chi connectivity index (χ2n) is 5.75. The summed E-state index contributed by atoms with van der Waals surface area (Å²) in [5.74, 6) is 0.496. The number of aromatic nitrogens is 2. The molecular formula is C19H24N6O. The summed E-state index contributed by atoms with van der Waals surface area (Å²) in [6.45, 7) is 3.92. The molecule has 0 aliphatic carbocycles. The van der Waals surface area contributed by atoms with Crippen LogP contribution < -0.4 is 16.2 Å². The van der Waals surface area contributed by atoms with E-state index in [4.69, 9.17) is 5.26 Å². The van der Waals surface area contributed by atoms with Gasteiger partial charge < -0.3 is 5.32 Å². The first kappa shape index (κ1) is 19.2. The summed E-state index contributed by atoms with van der Waals surface area (Å²) >= 11 is 0. The molecule has 0 unspecified atom stereocenters. The van der Waals surface area contributed by atoms with Gasteiger partial charge in [0.2, 0.25) is 5.96 Å². The first-order valence-corrected chi connectivity index (χ1v) is 8.81. The lowest BCUT2D eigenvalue weighted by atomic mass is 10.1. The van der Waals surface area contributed by atoms with Gasteiger partial charge in [-0.05, 0) is 25.3 Å². The van der Waals surface area contributed by atoms with E-state index in [-0.39, 0.29) is 5.56 Å². The summed E-state index contributed by atoms with van der Waals surface area (Å²) < 4.78 is 1.50. The van der Waals surface area contributed by atoms with Crippen LogP contribution in [0.2, 0.25) is 0 Å². The first-order valence-electron chi connectivity index (χ1n) is 8.81. The summed E-state index contributed by atoms with van der Waals surface area (Å²) in [4.78, 5) is 16.2. The van der Waals surface area contributed by atoms with Crippen molar-refractivity contribution in [3.8, 4) is 17.5 Å². The molecule has 0 radical (unpaired) electrons. The maximum absolute atomic E-state index is 12.0. The van der Waals surface area contributed by atoms with E-state index in [1.165, 1.54) is 4.68 Å². The SMILES string of the molecule is CCCN=C(NC#N)NCCCCn1nc(-c2ccccc2)ccc1=O. The Morgan fingerprint density at radius 1 is 1.23 bits per heavy atom. The van der Waals surface area contributed by atoms with Crippen LogP contribution in [0.25, 0.3) is 11.3 Å². The summed E-state index contributed by atoms with van der Waals surface area (Å²) in [6.07, 6.45) is 4.43. The fourth-order valence-corrected chi connectivity index (χ4v) is 2.38. The fourth-order valence-electron chi connectivity index (χ4n) is 2.38. The van der Waals surface area contributed by atoms with Gasteiger partial charge >= 0.3 is 0 Å². The standard InChI is InChI=1S/C19H24N6O/c1-2-12-21-19(23-15-20)22-13-6-7-14-25-18(26)11-10-17(24-25)16-8-4-3-5-9-16/h3-5,8-11H,2,6-7,12-14H2,1H3,(H2,21,22,23). The highest BCUT2D eigenvalue weighted by molar-refractivity contribution is 5.81. The minimum atomic E-state index is -0.103. The maximum Gasteiger partial charge on any atom is 0.266 e. The molecule has 0 aliphatic heterocycles. The van der Waals surface area contributed by atoms with Crippen molar-refractivity contribution in [1.29, 1.82) is 5.26 Å². The Morgan fingerprint density at radius 3 is 2.77 bits per heavy atom. The number of rotatable bonds is 8. The monoisotopic (exact) mass is 352 g/mol. The Bertz CT molecular complexity index is 807. The second-order valence-corrected chi connectivity index (χ2v) is 5.75. The van der Waals surface area contributed by atoms with E-state index in [0.29, 0.717) is 25.6 Å². The molecule has 26 heavy (non-hydrogen) atoms. The van der Waals surface area contributed by atoms with Gasteiger partial charge in [0.1, 0.15) is 0 Å². The third-order valence-electron chi connectivity index (χ3n) is 3.69. The summed E-state index contributed by atoms with van der Waals surface area (Å²) in [7, 11) is 0. The van der Waals surface area contributed by atoms with E-state index in [9.17, 15) is 4.79 Å². The third kappa shape index (κ3) is 6.06. The number of guanidine groups is 1. The first-order chi connectivity index (χ1) is 12.7. The van der Waals surface area contributed by atoms with Crippen LogP contribution in [-0.2, 0) is 6.54 Å². The normalized spacial score (nSPS) is 11.0. The number of nitrogens with zero attached hydrogens (tertiary/aromatic N) is 4. The van der Waals surface area contributed by atoms with Gasteiger partial charge in [0.05, 0.1) is 5.69 Å². The van der Waals surface area contributed by atoms with Crippen LogP contribution in [0, 0.1) is 11.5 Å². The smallest absolute Gasteiger partial charge is 0.266 e. The van der Waals surface area contributed by atoms with Crippen LogP contribution in [0.15, 0.2) is 52.3 Å². The van der Waals surface area contributed by atoms with E-state index >= 15 is 0 Å². The van der Waals surface area contributed by atoms with Crippen molar-refractivity contribution in [2.45, 2.75) is 32.7 Å². The van der Waals surface area contributed by atoms with Crippen molar-refractivity contribution >= 4 is 5.96 Å². The van der Waals surface area contributed by atoms with Gasteiger partial charge in [0.15, 0.2) is 6.19 Å². The average molecular weight is 352 g/mol. The molecule has 0 bridgehead atoms. The van der Waals surface area contributed by atoms with Gasteiger partial charge in [-0.15, -0.1) is 0 Å². The number of benzene rings is 1. The molecule has 7 nitrogen and oxygen atoms in total. The number of hydrogen-bond acceptors (Lipinski definition) is 4. The van der Waals surface area contributed by atoms with Gasteiger partial charge in [0, 0.05) is 31.3 Å². The van der Waals surface area contributed by atoms with E-state index in [0.717, 1.165) is 30.5 Å². The molecular weight excluding hydrogens is 328 g/mol. The molecule has 2 N–H and O–H groups in total. The molecule has 0 aliphatic rings. The molecule has 0 amide bonds. The zero-order valence-electron chi connectivity index (χ0n) is 15.0. The number of aryl methyl sites for hydroxylation is 1. The fraction of sp³-hybridized carbons (Fsp3) is 0.368. The van der Waals surface area contributed by atoms with Crippen molar-refractivity contribution in [3.05, 3.63) is 52.8 Å². The molecule has 136 valence electrons. The number of unbranched alkanes of at least 4 members (excludes halogenated alkanes) is 1. The summed E-state index contributed by atoms with van der Waals surface area (Å²) in [5.41, 5.74) is 1.67. The van der Waals surface area contributed by atoms with Crippen molar-refractivity contribution < 1.29 is 0 Å². The molecule has 0 spiro atoms. The topological polar surface area (TPSA) is 95.1 Å². The van der Waals surface area contributed by atoms with E-state index < -0.39 is 0 Å². The van der Waals surface area contributed by atoms with Crippen molar-refractivity contribution in [1.82, 2.24) is 20.4 Å². The number of nitrogens with one attached hydrogen (secondary N) is 2. The highest BCUT2D eigenvalue weighted by atomic mass is 16.1. The Balaban J connectivity index is 1.86. The van der Waals surface area contributed by atoms with Crippen LogP contribution in [0.1, 0.15) is 26.2 Å². The lowest BCUT2D eigenvalue weighted by Gasteiger charge is -2.09. The predicted molar refractivity (Wildman–Crippen MR) is 103 cm³/mol. The van der Waals surface area contributed by atoms with E-state index in [1.54, 1.807) is 12.1 Å². The zero-order valence-corrected chi connectivity index (χ0v) is 15.0. The Hall–Kier alpha value is -3.14. The molecule has 0 fully saturated rings. The van der Waals surface area contributed by atoms with E-state index in [2.05, 4.69) is 20.7 Å². The van der Waals surface area contributed by atoms with Crippen molar-refractivity contribution in [2.75, 3.05) is 13.1 Å². The Labute approximate surface area is 153 Å². The van der Waals surface area contributed by atoms with Crippen molar-refractivity contribution in [2.24, 2.45) is 4.99 Å². The molecule has 1 aromatic heterocycles. The lowest BCUT2D eigenvalue weighted by molar-refractivity contribution is 0.531. The van der Waals surface area contributed by atoms with Crippen LogP contribution in [0.5, 0.6) is 0 Å². The molecule has 0 saturated heterocycles. The summed E-state index contributed by atoms with van der Waals surface area (Å²) in [5, 5.41) is 18.8. The Kier molecular flexibility index (Phi) is 7.87. The number of nitriles is 1. The molecule has 2 rings (SSSR count). The van der Waals surface area contributed by atoms with Crippen LogP contribution >= 0.6 is 0 Å². The maximum atomic E-state index is 12.0. The van der Waals surface area contributed by atoms with Gasteiger partial charge in [0.25, 0.3) is 5.56 Å². The molecule has 2 aromatic rings. The minimum absolute atomic E-state index is 0.103. The highest BCUT2D eigenvalue weighted by Gasteiger charge is 2.03. The van der Waals surface area contributed by atoms with Gasteiger partial charge in [-0.2, -0.15) is 10.4 Å². The van der Waals surface area contributed by atoms with Gasteiger partial charge in [-0.3, -0.25) is 15.1 Å². The van der Waals surface area contributed by atoms with Gasteiger partial charge in [-0.25, -0.2) is 4.68 Å². The molecule has 1 heterocycles. The summed E-state index contributed by atoms with van der Waals surface area (Å²) in [6, 6.07) is 13.1. The zero-order chi connectivity index (χ0) is 18.6. The lowest BCUT2D eigenvalue weighted by Crippen LogP contribution is -2.35. The largest absolute Gasteiger partial charge is 0.356 e. The average Bonchev–Trinajstić information content (AvgIpc) is 2.67. The predicted octanol–water partition coefficient (Wildman–Crippen LogP) is 2.12. The molecule has 1 aromatic carbocycles. The Morgan fingerprint density at radius 2 is 2.04 bits per heavy atom. The number of hydrogen-bond donors (Lipinski definition) is 2. The highest BCUT2D eigenvalue weighted by Crippen LogP contribution is 2.14. The van der Waals surface area contributed by atoms with Crippen molar-refractivity contribution in [3.63, 3.8) is 0 Å². The molecule has 0 saturated carbocycles. The molecule has 0 atom stereocenters. The van der Waals surface area contributed by atoms with E-state index in [1.807, 2.05) is 43.4 Å². The minimum Gasteiger partial charge on any atom is -0.356 e. The van der Waals surface area contributed by atoms with Crippen LogP contribution in [0.4, 0.5) is 0 Å². The van der Waals surface area contributed by atoms with Gasteiger partial charge in [-0.1, -0.05) is 37.3 Å². The van der Waals surface area contributed by atoms with Crippen LogP contribution in [0.3, 0.4) is 0 Å². The third-order valence-corrected chi connectivity index (χ3v) is 3.69. The quantitative estimate of drug-likeness (QED) is 0.249. The second kappa shape index (κ2) is 10.7. The molecule has 7 heteroatoms. The van der Waals surface area contributed by atoms with Crippen LogP contribution in [-0.4, -0.2) is 28.8 Å². The number of aliphatic imine (C=N–C) groups is 1.